The van der Waals surface area contributed by atoms with Gasteiger partial charge < -0.3 is 5.11 Å². The number of fused-ring (bicyclic) bond motifs is 2. The Balaban J connectivity index is 2.00. The second kappa shape index (κ2) is 6.11. The molecule has 0 unspecified atom stereocenters. The number of pyridine rings is 1. The summed E-state index contributed by atoms with van der Waals surface area (Å²) in [7, 11) is 0. The Morgan fingerprint density at radius 1 is 1.23 bits per heavy atom. The number of rotatable bonds is 3. The van der Waals surface area contributed by atoms with Gasteiger partial charge >= 0.3 is 5.69 Å². The molecule has 0 atom stereocenters. The lowest BCUT2D eigenvalue weighted by Crippen LogP contribution is -2.19. The van der Waals surface area contributed by atoms with Crippen LogP contribution in [0.1, 0.15) is 13.8 Å². The summed E-state index contributed by atoms with van der Waals surface area (Å²) in [5.41, 5.74) is 3.18. The summed E-state index contributed by atoms with van der Waals surface area (Å²) in [5.74, 6) is -0.0658. The van der Waals surface area contributed by atoms with Crippen molar-refractivity contribution >= 4 is 27.9 Å². The topological polar surface area (TPSA) is 96.7 Å². The van der Waals surface area contributed by atoms with Gasteiger partial charge in [-0.2, -0.15) is 0 Å². The lowest BCUT2D eigenvalue weighted by molar-refractivity contribution is 0.466. The Morgan fingerprint density at radius 3 is 2.85 bits per heavy atom. The van der Waals surface area contributed by atoms with Gasteiger partial charge in [0.2, 0.25) is 0 Å². The third-order valence-electron chi connectivity index (χ3n) is 4.30. The van der Waals surface area contributed by atoms with E-state index in [-0.39, 0.29) is 11.6 Å². The third kappa shape index (κ3) is 2.45. The van der Waals surface area contributed by atoms with E-state index < -0.39 is 0 Å². The zero-order chi connectivity index (χ0) is 18.3. The highest BCUT2D eigenvalue weighted by atomic mass is 16.2. The molecule has 4 rings (SSSR count). The monoisotopic (exact) mass is 347 g/mol. The first kappa shape index (κ1) is 16.0. The highest BCUT2D eigenvalue weighted by Crippen LogP contribution is 2.27. The summed E-state index contributed by atoms with van der Waals surface area (Å²) in [4.78, 5) is 28.4. The molecule has 2 N–H and O–H groups in total. The lowest BCUT2D eigenvalue weighted by Gasteiger charge is -2.11. The summed E-state index contributed by atoms with van der Waals surface area (Å²) >= 11 is 0. The second-order valence-electron chi connectivity index (χ2n) is 6.28. The summed E-state index contributed by atoms with van der Waals surface area (Å²) in [6.07, 6.45) is 4.31. The normalized spacial score (nSPS) is 12.3. The summed E-state index contributed by atoms with van der Waals surface area (Å²) in [5, 5.41) is 10.5. The molecule has 0 saturated carbocycles. The Hall–Kier alpha value is -3.48. The van der Waals surface area contributed by atoms with Crippen molar-refractivity contribution in [3.05, 3.63) is 59.5 Å². The van der Waals surface area contributed by atoms with Crippen LogP contribution in [-0.2, 0) is 0 Å². The molecule has 4 aromatic rings. The van der Waals surface area contributed by atoms with Crippen molar-refractivity contribution in [1.29, 1.82) is 0 Å². The molecule has 0 aliphatic rings. The molecule has 0 aliphatic heterocycles. The smallest absolute Gasteiger partial charge is 0.333 e. The van der Waals surface area contributed by atoms with Crippen molar-refractivity contribution in [2.24, 2.45) is 5.92 Å². The summed E-state index contributed by atoms with van der Waals surface area (Å²) in [6.45, 7) is 3.78. The van der Waals surface area contributed by atoms with Gasteiger partial charge in [0, 0.05) is 17.1 Å². The molecular formula is C19H17N5O2. The van der Waals surface area contributed by atoms with Crippen LogP contribution in [0, 0.1) is 5.92 Å². The maximum Gasteiger partial charge on any atom is 0.333 e. The molecule has 7 nitrogen and oxygen atoms in total. The van der Waals surface area contributed by atoms with Crippen molar-refractivity contribution in [3.8, 4) is 11.3 Å². The van der Waals surface area contributed by atoms with Crippen LogP contribution in [0.25, 0.3) is 39.2 Å². The maximum atomic E-state index is 12.4. The molecule has 0 amide bonds. The first-order chi connectivity index (χ1) is 12.6. The Morgan fingerprint density at radius 2 is 2.08 bits per heavy atom. The fourth-order valence-corrected chi connectivity index (χ4v) is 3.04. The predicted molar refractivity (Wildman–Crippen MR) is 101 cm³/mol. The molecular weight excluding hydrogens is 330 g/mol. The van der Waals surface area contributed by atoms with Crippen molar-refractivity contribution in [3.63, 3.8) is 0 Å². The molecule has 3 heterocycles. The Kier molecular flexibility index (Phi) is 3.76. The minimum atomic E-state index is -0.384. The van der Waals surface area contributed by atoms with E-state index in [0.717, 1.165) is 22.7 Å². The van der Waals surface area contributed by atoms with Gasteiger partial charge in [0.1, 0.15) is 0 Å². The van der Waals surface area contributed by atoms with E-state index >= 15 is 0 Å². The molecule has 0 fully saturated rings. The number of aliphatic hydroxyl groups is 1. The van der Waals surface area contributed by atoms with Gasteiger partial charge in [-0.15, -0.1) is 0 Å². The predicted octanol–water partition coefficient (Wildman–Crippen LogP) is 3.35. The number of nitrogens with zero attached hydrogens (tertiary/aromatic N) is 4. The van der Waals surface area contributed by atoms with E-state index in [2.05, 4.69) is 19.9 Å². The van der Waals surface area contributed by atoms with E-state index in [4.69, 9.17) is 0 Å². The van der Waals surface area contributed by atoms with Gasteiger partial charge in [-0.1, -0.05) is 32.0 Å². The number of hydrogen-bond donors (Lipinski definition) is 2. The average Bonchev–Trinajstić information content (AvgIpc) is 2.97. The van der Waals surface area contributed by atoms with E-state index in [9.17, 15) is 9.90 Å². The average molecular weight is 347 g/mol. The summed E-state index contributed by atoms with van der Waals surface area (Å²) in [6, 6.07) is 9.63. The number of hydrogen-bond acceptors (Lipinski definition) is 5. The molecule has 0 aliphatic carbocycles. The first-order valence-electron chi connectivity index (χ1n) is 8.26. The van der Waals surface area contributed by atoms with Gasteiger partial charge in [0.25, 0.3) is 0 Å². The lowest BCUT2D eigenvalue weighted by atomic mass is 10.1. The summed E-state index contributed by atoms with van der Waals surface area (Å²) < 4.78 is 1.36. The quantitative estimate of drug-likeness (QED) is 0.554. The van der Waals surface area contributed by atoms with Gasteiger partial charge in [0.15, 0.2) is 11.3 Å². The van der Waals surface area contributed by atoms with Crippen LogP contribution in [0.5, 0.6) is 0 Å². The van der Waals surface area contributed by atoms with Crippen LogP contribution in [-0.4, -0.2) is 29.6 Å². The molecule has 130 valence electrons. The molecule has 0 spiro atoms. The maximum absolute atomic E-state index is 12.4. The van der Waals surface area contributed by atoms with Crippen LogP contribution in [0.15, 0.2) is 53.8 Å². The minimum absolute atomic E-state index is 0.0658. The SMILES string of the molecule is CC(C)C(=CO)n1c(=O)[nH]c2ncc(-c3cccc4ncccc34)nc21. The highest BCUT2D eigenvalue weighted by Gasteiger charge is 2.17. The Bertz CT molecular complexity index is 1200. The number of nitrogens with one attached hydrogen (secondary N) is 1. The van der Waals surface area contributed by atoms with Crippen molar-refractivity contribution in [2.45, 2.75) is 13.8 Å². The van der Waals surface area contributed by atoms with Gasteiger partial charge in [0.05, 0.1) is 29.4 Å². The fourth-order valence-electron chi connectivity index (χ4n) is 3.04. The number of aromatic amines is 1. The van der Waals surface area contributed by atoms with E-state index in [1.165, 1.54) is 4.57 Å². The van der Waals surface area contributed by atoms with Crippen LogP contribution in [0.2, 0.25) is 0 Å². The van der Waals surface area contributed by atoms with E-state index in [1.807, 2.05) is 44.2 Å². The number of aromatic nitrogens is 5. The molecule has 1 aromatic carbocycles. The zero-order valence-electron chi connectivity index (χ0n) is 14.3. The number of aliphatic hydroxyl groups excluding tert-OH is 1. The van der Waals surface area contributed by atoms with Crippen LogP contribution in [0.3, 0.4) is 0 Å². The van der Waals surface area contributed by atoms with Crippen LogP contribution in [0.4, 0.5) is 0 Å². The molecule has 0 bridgehead atoms. The largest absolute Gasteiger partial charge is 0.514 e. The van der Waals surface area contributed by atoms with Crippen LogP contribution >= 0.6 is 0 Å². The molecule has 26 heavy (non-hydrogen) atoms. The van der Waals surface area contributed by atoms with E-state index in [0.29, 0.717) is 22.7 Å². The van der Waals surface area contributed by atoms with Crippen LogP contribution < -0.4 is 5.69 Å². The molecule has 0 saturated heterocycles. The van der Waals surface area contributed by atoms with Crippen molar-refractivity contribution in [1.82, 2.24) is 24.5 Å². The zero-order valence-corrected chi connectivity index (χ0v) is 14.3. The van der Waals surface area contributed by atoms with Gasteiger partial charge in [-0.05, 0) is 18.1 Å². The first-order valence-corrected chi connectivity index (χ1v) is 8.26. The molecule has 0 radical (unpaired) electrons. The fraction of sp³-hybridized carbons (Fsp3) is 0.158. The standard InChI is InChI=1S/C19H17N5O2/c1-11(2)16(10-25)24-18-17(23-19(24)26)21-9-15(22-18)13-5-3-7-14-12(13)6-4-8-20-14/h3-11,25H,1-2H3,(H,21,23,26). The van der Waals surface area contributed by atoms with Crippen molar-refractivity contribution in [2.75, 3.05) is 0 Å². The van der Waals surface area contributed by atoms with Gasteiger partial charge in [-0.3, -0.25) is 9.97 Å². The number of allylic oxidation sites excluding steroid dienone is 1. The van der Waals surface area contributed by atoms with E-state index in [1.54, 1.807) is 12.4 Å². The third-order valence-corrected chi connectivity index (χ3v) is 4.30. The number of benzene rings is 1. The number of imidazole rings is 1. The second-order valence-corrected chi connectivity index (χ2v) is 6.28. The highest BCUT2D eigenvalue weighted by molar-refractivity contribution is 5.94. The minimum Gasteiger partial charge on any atom is -0.514 e. The van der Waals surface area contributed by atoms with Crippen molar-refractivity contribution < 1.29 is 5.11 Å². The molecule has 3 aromatic heterocycles. The molecule has 7 heteroatoms. The van der Waals surface area contributed by atoms with Gasteiger partial charge in [-0.25, -0.2) is 19.3 Å². The Labute approximate surface area is 148 Å². The number of H-pyrrole nitrogens is 1.